The predicted molar refractivity (Wildman–Crippen MR) is 81.2 cm³/mol. The number of amides is 1. The Morgan fingerprint density at radius 1 is 1.45 bits per heavy atom. The summed E-state index contributed by atoms with van der Waals surface area (Å²) in [6.45, 7) is 1.96. The highest BCUT2D eigenvalue weighted by atomic mass is 35.5. The molecule has 1 saturated carbocycles. The summed E-state index contributed by atoms with van der Waals surface area (Å²) in [5, 5.41) is 5.43. The first-order chi connectivity index (χ1) is 9.65. The van der Waals surface area contributed by atoms with Crippen molar-refractivity contribution in [3.05, 3.63) is 50.9 Å². The molecule has 0 saturated heterocycles. The van der Waals surface area contributed by atoms with E-state index in [4.69, 9.17) is 11.6 Å². The van der Waals surface area contributed by atoms with Gasteiger partial charge in [0.2, 0.25) is 0 Å². The maximum absolute atomic E-state index is 12.3. The number of nitrogens with zero attached hydrogens (tertiary/aromatic N) is 1. The Labute approximate surface area is 127 Å². The second kappa shape index (κ2) is 5.54. The van der Waals surface area contributed by atoms with Crippen molar-refractivity contribution in [1.82, 2.24) is 10.3 Å². The van der Waals surface area contributed by atoms with Crippen LogP contribution in [0.5, 0.6) is 0 Å². The van der Waals surface area contributed by atoms with E-state index in [0.717, 1.165) is 24.2 Å². The normalized spacial score (nSPS) is 15.9. The molecule has 0 radical (unpaired) electrons. The van der Waals surface area contributed by atoms with E-state index in [1.807, 2.05) is 30.5 Å². The van der Waals surface area contributed by atoms with Crippen LogP contribution in [-0.2, 0) is 0 Å². The lowest BCUT2D eigenvalue weighted by Gasteiger charge is -2.18. The Morgan fingerprint density at radius 2 is 2.25 bits per heavy atom. The number of nitrogens with one attached hydrogen (secondary N) is 1. The lowest BCUT2D eigenvalue weighted by Crippen LogP contribution is -2.30. The topological polar surface area (TPSA) is 42.0 Å². The van der Waals surface area contributed by atoms with Gasteiger partial charge in [-0.2, -0.15) is 0 Å². The summed E-state index contributed by atoms with van der Waals surface area (Å²) in [5.74, 6) is 0.386. The molecule has 2 heterocycles. The molecule has 0 unspecified atom stereocenters. The number of hydrogen-bond acceptors (Lipinski definition) is 3. The molecule has 0 spiro atoms. The van der Waals surface area contributed by atoms with Crippen LogP contribution in [0.2, 0.25) is 5.02 Å². The number of carbonyl (C=O) groups excluding carboxylic acids is 1. The number of halogens is 1. The van der Waals surface area contributed by atoms with Gasteiger partial charge in [0.25, 0.3) is 5.91 Å². The van der Waals surface area contributed by atoms with Gasteiger partial charge in [-0.3, -0.25) is 9.78 Å². The molecule has 1 atom stereocenters. The average Bonchev–Trinajstić information content (AvgIpc) is 3.17. The molecule has 104 valence electrons. The molecule has 3 nitrogen and oxygen atoms in total. The van der Waals surface area contributed by atoms with Crippen LogP contribution in [0.25, 0.3) is 0 Å². The predicted octanol–water partition coefficient (Wildman–Crippen LogP) is 3.99. The van der Waals surface area contributed by atoms with Crippen LogP contribution in [0.4, 0.5) is 0 Å². The molecule has 0 aromatic carbocycles. The van der Waals surface area contributed by atoms with E-state index >= 15 is 0 Å². The summed E-state index contributed by atoms with van der Waals surface area (Å²) in [7, 11) is 0. The van der Waals surface area contributed by atoms with E-state index in [2.05, 4.69) is 10.3 Å². The van der Waals surface area contributed by atoms with E-state index in [1.165, 1.54) is 11.3 Å². The highest BCUT2D eigenvalue weighted by molar-refractivity contribution is 7.12. The lowest BCUT2D eigenvalue weighted by molar-refractivity contribution is 0.0935. The van der Waals surface area contributed by atoms with Crippen molar-refractivity contribution < 1.29 is 4.79 Å². The maximum atomic E-state index is 12.3. The molecule has 1 fully saturated rings. The molecule has 1 aliphatic carbocycles. The summed E-state index contributed by atoms with van der Waals surface area (Å²) in [6.07, 6.45) is 2.28. The van der Waals surface area contributed by atoms with Crippen LogP contribution in [0.3, 0.4) is 0 Å². The second-order valence-corrected chi connectivity index (χ2v) is 6.41. The fourth-order valence-electron chi connectivity index (χ4n) is 2.26. The van der Waals surface area contributed by atoms with Gasteiger partial charge in [0.05, 0.1) is 16.8 Å². The summed E-state index contributed by atoms with van der Waals surface area (Å²) < 4.78 is 0. The van der Waals surface area contributed by atoms with Crippen molar-refractivity contribution in [3.8, 4) is 0 Å². The van der Waals surface area contributed by atoms with Crippen LogP contribution in [0, 0.1) is 12.8 Å². The second-order valence-electron chi connectivity index (χ2n) is 5.09. The Kier molecular flexibility index (Phi) is 3.76. The zero-order valence-electron chi connectivity index (χ0n) is 11.1. The summed E-state index contributed by atoms with van der Waals surface area (Å²) >= 11 is 7.38. The molecular formula is C15H15ClN2OS. The van der Waals surface area contributed by atoms with Crippen LogP contribution in [0.15, 0.2) is 29.6 Å². The Bertz CT molecular complexity index is 636. The molecule has 3 rings (SSSR count). The number of hydrogen-bond donors (Lipinski definition) is 1. The van der Waals surface area contributed by atoms with Crippen molar-refractivity contribution in [2.45, 2.75) is 25.8 Å². The quantitative estimate of drug-likeness (QED) is 0.928. The van der Waals surface area contributed by atoms with Gasteiger partial charge >= 0.3 is 0 Å². The average molecular weight is 307 g/mol. The molecule has 20 heavy (non-hydrogen) atoms. The summed E-state index contributed by atoms with van der Waals surface area (Å²) in [4.78, 5) is 17.4. The minimum absolute atomic E-state index is 0.0134. The smallest absolute Gasteiger partial charge is 0.263 e. The van der Waals surface area contributed by atoms with E-state index in [9.17, 15) is 4.79 Å². The van der Waals surface area contributed by atoms with E-state index in [0.29, 0.717) is 15.8 Å². The third-order valence-electron chi connectivity index (χ3n) is 3.43. The number of thiophene rings is 1. The van der Waals surface area contributed by atoms with E-state index in [-0.39, 0.29) is 11.9 Å². The monoisotopic (exact) mass is 306 g/mol. The molecule has 5 heteroatoms. The number of pyridine rings is 1. The third kappa shape index (κ3) is 2.86. The van der Waals surface area contributed by atoms with Gasteiger partial charge < -0.3 is 5.32 Å². The fraction of sp³-hybridized carbons (Fsp3) is 0.333. The van der Waals surface area contributed by atoms with Crippen molar-refractivity contribution in [2.24, 2.45) is 5.92 Å². The summed E-state index contributed by atoms with van der Waals surface area (Å²) in [5.41, 5.74) is 1.91. The van der Waals surface area contributed by atoms with Crippen molar-refractivity contribution in [3.63, 3.8) is 0 Å². The Hall–Kier alpha value is -1.39. The van der Waals surface area contributed by atoms with Crippen LogP contribution in [0.1, 0.15) is 39.9 Å². The standard InChI is InChI=1S/C15H15ClN2OS/c1-9-3-2-4-12(17-9)13(10-5-6-10)18-15(19)14-11(16)7-8-20-14/h2-4,7-8,10,13H,5-6H2,1H3,(H,18,19)/t13-/m0/s1. The minimum Gasteiger partial charge on any atom is -0.343 e. The van der Waals surface area contributed by atoms with Gasteiger partial charge in [0, 0.05) is 5.69 Å². The fourth-order valence-corrected chi connectivity index (χ4v) is 3.31. The largest absolute Gasteiger partial charge is 0.343 e. The van der Waals surface area contributed by atoms with Gasteiger partial charge in [-0.05, 0) is 49.3 Å². The molecule has 1 N–H and O–H groups in total. The number of carbonyl (C=O) groups is 1. The van der Waals surface area contributed by atoms with Gasteiger partial charge in [-0.25, -0.2) is 0 Å². The first-order valence-electron chi connectivity index (χ1n) is 6.62. The zero-order chi connectivity index (χ0) is 14.1. The first-order valence-corrected chi connectivity index (χ1v) is 7.88. The molecule has 0 aliphatic heterocycles. The molecular weight excluding hydrogens is 292 g/mol. The number of aryl methyl sites for hydroxylation is 1. The first kappa shape index (κ1) is 13.6. The molecule has 0 bridgehead atoms. The van der Waals surface area contributed by atoms with Crippen molar-refractivity contribution in [1.29, 1.82) is 0 Å². The lowest BCUT2D eigenvalue weighted by atomic mass is 10.1. The zero-order valence-corrected chi connectivity index (χ0v) is 12.7. The number of rotatable bonds is 4. The van der Waals surface area contributed by atoms with Crippen LogP contribution in [-0.4, -0.2) is 10.9 Å². The number of aromatic nitrogens is 1. The Morgan fingerprint density at radius 3 is 2.85 bits per heavy atom. The van der Waals surface area contributed by atoms with E-state index < -0.39 is 0 Å². The maximum Gasteiger partial charge on any atom is 0.263 e. The molecule has 1 aliphatic rings. The molecule has 2 aromatic heterocycles. The van der Waals surface area contributed by atoms with Gasteiger partial charge in [0.15, 0.2) is 0 Å². The van der Waals surface area contributed by atoms with E-state index in [1.54, 1.807) is 6.07 Å². The highest BCUT2D eigenvalue weighted by Crippen LogP contribution is 2.40. The SMILES string of the molecule is Cc1cccc([C@@H](NC(=O)c2sccc2Cl)C2CC2)n1. The van der Waals surface area contributed by atoms with Crippen LogP contribution >= 0.6 is 22.9 Å². The minimum atomic E-state index is -0.106. The van der Waals surface area contributed by atoms with Gasteiger partial charge in [-0.1, -0.05) is 17.7 Å². The summed E-state index contributed by atoms with van der Waals surface area (Å²) in [6, 6.07) is 7.66. The highest BCUT2D eigenvalue weighted by Gasteiger charge is 2.34. The van der Waals surface area contributed by atoms with Gasteiger partial charge in [-0.15, -0.1) is 11.3 Å². The third-order valence-corrected chi connectivity index (χ3v) is 4.77. The van der Waals surface area contributed by atoms with Gasteiger partial charge in [0.1, 0.15) is 4.88 Å². The molecule has 2 aromatic rings. The van der Waals surface area contributed by atoms with Crippen molar-refractivity contribution >= 4 is 28.8 Å². The van der Waals surface area contributed by atoms with Crippen molar-refractivity contribution in [2.75, 3.05) is 0 Å². The Balaban J connectivity index is 1.82. The molecule has 1 amide bonds. The van der Waals surface area contributed by atoms with Crippen LogP contribution < -0.4 is 5.32 Å².